The van der Waals surface area contributed by atoms with Crippen LogP contribution in [0.1, 0.15) is 52.8 Å². The Morgan fingerprint density at radius 3 is 1.85 bits per heavy atom. The third kappa shape index (κ3) is 2.58. The van der Waals surface area contributed by atoms with Crippen LogP contribution in [-0.2, 0) is 10.8 Å². The van der Waals surface area contributed by atoms with Crippen LogP contribution in [0.15, 0.2) is 30.3 Å². The average molecular weight is 272 g/mol. The largest absolute Gasteiger partial charge is 0.493 e. The van der Waals surface area contributed by atoms with Gasteiger partial charge in [-0.05, 0) is 17.5 Å². The molecular formula is C17H24N2O. The van der Waals surface area contributed by atoms with Gasteiger partial charge in [0.25, 0.3) is 0 Å². The van der Waals surface area contributed by atoms with E-state index in [1.54, 1.807) is 4.68 Å². The Labute approximate surface area is 121 Å². The molecule has 1 aromatic carbocycles. The maximum absolute atomic E-state index is 10.7. The van der Waals surface area contributed by atoms with Gasteiger partial charge in [-0.1, -0.05) is 59.7 Å². The Bertz CT molecular complexity index is 598. The molecular weight excluding hydrogens is 248 g/mol. The number of hydrogen-bond donors (Lipinski definition) is 1. The van der Waals surface area contributed by atoms with Crippen LogP contribution in [0.3, 0.4) is 0 Å². The van der Waals surface area contributed by atoms with Gasteiger partial charge in [-0.15, -0.1) is 0 Å². The molecule has 2 rings (SSSR count). The molecule has 0 atom stereocenters. The second-order valence-electron chi connectivity index (χ2n) is 7.29. The molecule has 0 saturated carbocycles. The lowest BCUT2D eigenvalue weighted by Crippen LogP contribution is -2.21. The van der Waals surface area contributed by atoms with E-state index in [1.165, 1.54) is 0 Å². The molecule has 0 spiro atoms. The second kappa shape index (κ2) is 4.65. The van der Waals surface area contributed by atoms with E-state index in [0.29, 0.717) is 0 Å². The standard InChI is InChI=1S/C17H24N2O/c1-16(2,3)13-14(17(4,5)6)18-19(15(13)20)12-10-8-7-9-11-12/h7-11,20H,1-6H3. The van der Waals surface area contributed by atoms with Crippen molar-refractivity contribution in [2.24, 2.45) is 0 Å². The predicted molar refractivity (Wildman–Crippen MR) is 82.6 cm³/mol. The van der Waals surface area contributed by atoms with Gasteiger partial charge in [0.05, 0.1) is 11.4 Å². The van der Waals surface area contributed by atoms with E-state index in [0.717, 1.165) is 16.9 Å². The van der Waals surface area contributed by atoms with Gasteiger partial charge in [-0.25, -0.2) is 4.68 Å². The molecule has 0 aliphatic heterocycles. The summed E-state index contributed by atoms with van der Waals surface area (Å²) in [5, 5.41) is 15.3. The first-order valence-corrected chi connectivity index (χ1v) is 7.01. The highest BCUT2D eigenvalue weighted by atomic mass is 16.3. The molecule has 0 aliphatic carbocycles. The van der Waals surface area contributed by atoms with Crippen molar-refractivity contribution in [3.63, 3.8) is 0 Å². The fourth-order valence-corrected chi connectivity index (χ4v) is 2.37. The number of benzene rings is 1. The molecule has 2 aromatic rings. The van der Waals surface area contributed by atoms with E-state index in [2.05, 4.69) is 46.6 Å². The van der Waals surface area contributed by atoms with Crippen molar-refractivity contribution >= 4 is 0 Å². The molecule has 3 heteroatoms. The molecule has 108 valence electrons. The van der Waals surface area contributed by atoms with Gasteiger partial charge in [-0.2, -0.15) is 5.10 Å². The second-order valence-corrected chi connectivity index (χ2v) is 7.29. The monoisotopic (exact) mass is 272 g/mol. The number of para-hydroxylation sites is 1. The average Bonchev–Trinajstić information content (AvgIpc) is 2.67. The molecule has 1 N–H and O–H groups in total. The molecule has 0 radical (unpaired) electrons. The molecule has 1 heterocycles. The maximum Gasteiger partial charge on any atom is 0.218 e. The molecule has 0 aliphatic rings. The molecule has 0 amide bonds. The number of rotatable bonds is 1. The van der Waals surface area contributed by atoms with Gasteiger partial charge in [0, 0.05) is 11.0 Å². The summed E-state index contributed by atoms with van der Waals surface area (Å²) < 4.78 is 1.64. The smallest absolute Gasteiger partial charge is 0.218 e. The topological polar surface area (TPSA) is 38.0 Å². The fourth-order valence-electron chi connectivity index (χ4n) is 2.37. The van der Waals surface area contributed by atoms with Crippen LogP contribution in [0.2, 0.25) is 0 Å². The van der Waals surface area contributed by atoms with E-state index >= 15 is 0 Å². The highest BCUT2D eigenvalue weighted by molar-refractivity contribution is 5.45. The molecule has 0 saturated heterocycles. The lowest BCUT2D eigenvalue weighted by molar-refractivity contribution is 0.413. The van der Waals surface area contributed by atoms with Crippen molar-refractivity contribution in [2.45, 2.75) is 52.4 Å². The summed E-state index contributed by atoms with van der Waals surface area (Å²) in [6.45, 7) is 12.7. The summed E-state index contributed by atoms with van der Waals surface area (Å²) in [6, 6.07) is 9.75. The van der Waals surface area contributed by atoms with Crippen LogP contribution < -0.4 is 0 Å². The zero-order valence-corrected chi connectivity index (χ0v) is 13.2. The van der Waals surface area contributed by atoms with Crippen molar-refractivity contribution in [1.29, 1.82) is 0 Å². The van der Waals surface area contributed by atoms with Gasteiger partial charge in [0.1, 0.15) is 0 Å². The number of nitrogens with zero attached hydrogens (tertiary/aromatic N) is 2. The van der Waals surface area contributed by atoms with Crippen molar-refractivity contribution < 1.29 is 5.11 Å². The summed E-state index contributed by atoms with van der Waals surface area (Å²) in [6.07, 6.45) is 0. The van der Waals surface area contributed by atoms with Gasteiger partial charge in [0.2, 0.25) is 5.88 Å². The normalized spacial score (nSPS) is 12.7. The SMILES string of the molecule is CC(C)(C)c1nn(-c2ccccc2)c(O)c1C(C)(C)C. The summed E-state index contributed by atoms with van der Waals surface area (Å²) >= 11 is 0. The van der Waals surface area contributed by atoms with Gasteiger partial charge in [0.15, 0.2) is 0 Å². The maximum atomic E-state index is 10.7. The lowest BCUT2D eigenvalue weighted by atomic mass is 9.79. The minimum absolute atomic E-state index is 0.111. The fraction of sp³-hybridized carbons (Fsp3) is 0.471. The Kier molecular flexibility index (Phi) is 3.41. The van der Waals surface area contributed by atoms with Gasteiger partial charge >= 0.3 is 0 Å². The zero-order chi connectivity index (χ0) is 15.1. The zero-order valence-electron chi connectivity index (χ0n) is 13.2. The summed E-state index contributed by atoms with van der Waals surface area (Å²) in [4.78, 5) is 0. The van der Waals surface area contributed by atoms with Gasteiger partial charge in [-0.3, -0.25) is 0 Å². The van der Waals surface area contributed by atoms with E-state index in [4.69, 9.17) is 0 Å². The molecule has 3 nitrogen and oxygen atoms in total. The minimum atomic E-state index is -0.153. The quantitative estimate of drug-likeness (QED) is 0.846. The number of hydrogen-bond acceptors (Lipinski definition) is 2. The van der Waals surface area contributed by atoms with Crippen LogP contribution in [0.4, 0.5) is 0 Å². The molecule has 0 unspecified atom stereocenters. The van der Waals surface area contributed by atoms with E-state index in [-0.39, 0.29) is 16.7 Å². The van der Waals surface area contributed by atoms with Crippen molar-refractivity contribution in [3.8, 4) is 11.6 Å². The predicted octanol–water partition coefficient (Wildman–Crippen LogP) is 4.17. The highest BCUT2D eigenvalue weighted by Crippen LogP contribution is 2.40. The Morgan fingerprint density at radius 1 is 0.900 bits per heavy atom. The van der Waals surface area contributed by atoms with E-state index in [1.807, 2.05) is 30.3 Å². The van der Waals surface area contributed by atoms with Crippen molar-refractivity contribution in [2.75, 3.05) is 0 Å². The Morgan fingerprint density at radius 2 is 1.45 bits per heavy atom. The first-order valence-electron chi connectivity index (χ1n) is 7.01. The van der Waals surface area contributed by atoms with E-state index in [9.17, 15) is 5.11 Å². The number of aromatic hydroxyl groups is 1. The Hall–Kier alpha value is -1.77. The van der Waals surface area contributed by atoms with Crippen LogP contribution >= 0.6 is 0 Å². The van der Waals surface area contributed by atoms with Crippen LogP contribution in [-0.4, -0.2) is 14.9 Å². The summed E-state index contributed by atoms with van der Waals surface area (Å²) in [5.74, 6) is 0.244. The Balaban J connectivity index is 2.72. The molecule has 0 bridgehead atoms. The highest BCUT2D eigenvalue weighted by Gasteiger charge is 2.33. The number of aromatic nitrogens is 2. The third-order valence-electron chi connectivity index (χ3n) is 3.32. The summed E-state index contributed by atoms with van der Waals surface area (Å²) in [7, 11) is 0. The lowest BCUT2D eigenvalue weighted by Gasteiger charge is -2.24. The van der Waals surface area contributed by atoms with Crippen LogP contribution in [0.25, 0.3) is 5.69 Å². The summed E-state index contributed by atoms with van der Waals surface area (Å²) in [5.41, 5.74) is 2.49. The molecule has 0 fully saturated rings. The van der Waals surface area contributed by atoms with Crippen LogP contribution in [0.5, 0.6) is 5.88 Å². The molecule has 1 aromatic heterocycles. The van der Waals surface area contributed by atoms with Gasteiger partial charge < -0.3 is 5.11 Å². The minimum Gasteiger partial charge on any atom is -0.493 e. The third-order valence-corrected chi connectivity index (χ3v) is 3.32. The van der Waals surface area contributed by atoms with E-state index < -0.39 is 0 Å². The molecule has 20 heavy (non-hydrogen) atoms. The first kappa shape index (κ1) is 14.6. The first-order chi connectivity index (χ1) is 9.12. The van der Waals surface area contributed by atoms with Crippen molar-refractivity contribution in [1.82, 2.24) is 9.78 Å². The van der Waals surface area contributed by atoms with Crippen molar-refractivity contribution in [3.05, 3.63) is 41.6 Å². The van der Waals surface area contributed by atoms with Crippen LogP contribution in [0, 0.1) is 0 Å².